The molecule has 0 aromatic heterocycles. The second kappa shape index (κ2) is 7.94. The van der Waals surface area contributed by atoms with E-state index in [1.54, 1.807) is 6.92 Å². The molecule has 0 spiro atoms. The topological polar surface area (TPSA) is 52.7 Å². The number of para-hydroxylation sites is 1. The second-order valence-corrected chi connectivity index (χ2v) is 6.28. The number of carbonyl (C=O) groups is 2. The van der Waals surface area contributed by atoms with E-state index >= 15 is 0 Å². The first-order valence-electron chi connectivity index (χ1n) is 8.55. The van der Waals surface area contributed by atoms with Gasteiger partial charge in [0.05, 0.1) is 6.54 Å². The molecule has 0 unspecified atom stereocenters. The van der Waals surface area contributed by atoms with Crippen molar-refractivity contribution < 1.29 is 9.59 Å². The third-order valence-corrected chi connectivity index (χ3v) is 4.44. The molecule has 1 fully saturated rings. The summed E-state index contributed by atoms with van der Waals surface area (Å²) in [7, 11) is 0. The molecule has 130 valence electrons. The molecule has 1 heterocycles. The standard InChI is InChI=1S/C20H23N3O2/c1-16(24)17-7-9-19(10-8-17)23-13-11-22(12-14-23)15-20(25)21-18-5-3-2-4-6-18/h2-10H,11-15H2,1H3,(H,21,25). The summed E-state index contributed by atoms with van der Waals surface area (Å²) in [5.41, 5.74) is 2.69. The molecule has 0 radical (unpaired) electrons. The van der Waals surface area contributed by atoms with Gasteiger partial charge in [0.1, 0.15) is 0 Å². The van der Waals surface area contributed by atoms with Crippen LogP contribution in [0.1, 0.15) is 17.3 Å². The second-order valence-electron chi connectivity index (χ2n) is 6.28. The molecule has 1 N–H and O–H groups in total. The molecule has 2 aromatic carbocycles. The van der Waals surface area contributed by atoms with Gasteiger partial charge in [-0.05, 0) is 43.3 Å². The average Bonchev–Trinajstić information content (AvgIpc) is 2.63. The van der Waals surface area contributed by atoms with Crippen LogP contribution in [-0.4, -0.2) is 49.3 Å². The van der Waals surface area contributed by atoms with Gasteiger partial charge >= 0.3 is 0 Å². The van der Waals surface area contributed by atoms with Crippen molar-refractivity contribution >= 4 is 23.1 Å². The van der Waals surface area contributed by atoms with E-state index in [1.807, 2.05) is 54.6 Å². The van der Waals surface area contributed by atoms with Crippen molar-refractivity contribution in [3.8, 4) is 0 Å². The molecule has 0 saturated carbocycles. The molecule has 1 amide bonds. The fourth-order valence-corrected chi connectivity index (χ4v) is 3.00. The highest BCUT2D eigenvalue weighted by molar-refractivity contribution is 5.94. The fraction of sp³-hybridized carbons (Fsp3) is 0.300. The number of piperazine rings is 1. The number of ketones is 1. The lowest BCUT2D eigenvalue weighted by molar-refractivity contribution is -0.117. The zero-order valence-electron chi connectivity index (χ0n) is 14.4. The van der Waals surface area contributed by atoms with Gasteiger partial charge in [0.2, 0.25) is 5.91 Å². The number of amides is 1. The largest absolute Gasteiger partial charge is 0.369 e. The van der Waals surface area contributed by atoms with Crippen molar-refractivity contribution in [3.63, 3.8) is 0 Å². The van der Waals surface area contributed by atoms with Crippen molar-refractivity contribution in [1.29, 1.82) is 0 Å². The van der Waals surface area contributed by atoms with E-state index in [9.17, 15) is 9.59 Å². The minimum absolute atomic E-state index is 0.0189. The Morgan fingerprint density at radius 1 is 0.920 bits per heavy atom. The van der Waals surface area contributed by atoms with Crippen LogP contribution in [-0.2, 0) is 4.79 Å². The zero-order valence-corrected chi connectivity index (χ0v) is 14.4. The summed E-state index contributed by atoms with van der Waals surface area (Å²) in [4.78, 5) is 27.9. The molecule has 1 aliphatic rings. The summed E-state index contributed by atoms with van der Waals surface area (Å²) >= 11 is 0. The lowest BCUT2D eigenvalue weighted by Crippen LogP contribution is -2.48. The maximum atomic E-state index is 12.1. The third kappa shape index (κ3) is 4.67. The molecule has 1 aliphatic heterocycles. The van der Waals surface area contributed by atoms with Crippen LogP contribution < -0.4 is 10.2 Å². The van der Waals surface area contributed by atoms with Crippen LogP contribution in [0, 0.1) is 0 Å². The first-order valence-corrected chi connectivity index (χ1v) is 8.55. The van der Waals surface area contributed by atoms with E-state index in [0.717, 1.165) is 43.1 Å². The van der Waals surface area contributed by atoms with Gasteiger partial charge in [0, 0.05) is 43.1 Å². The van der Waals surface area contributed by atoms with Crippen LogP contribution >= 0.6 is 0 Å². The Bertz CT molecular complexity index is 720. The highest BCUT2D eigenvalue weighted by Gasteiger charge is 2.19. The number of nitrogens with zero attached hydrogens (tertiary/aromatic N) is 2. The minimum Gasteiger partial charge on any atom is -0.369 e. The van der Waals surface area contributed by atoms with Crippen LogP contribution in [0.4, 0.5) is 11.4 Å². The Kier molecular flexibility index (Phi) is 5.46. The zero-order chi connectivity index (χ0) is 17.6. The van der Waals surface area contributed by atoms with E-state index in [4.69, 9.17) is 0 Å². The maximum Gasteiger partial charge on any atom is 0.238 e. The van der Waals surface area contributed by atoms with E-state index in [2.05, 4.69) is 15.1 Å². The predicted molar refractivity (Wildman–Crippen MR) is 100 cm³/mol. The molecule has 25 heavy (non-hydrogen) atoms. The molecule has 0 bridgehead atoms. The van der Waals surface area contributed by atoms with Crippen LogP contribution in [0.3, 0.4) is 0 Å². The van der Waals surface area contributed by atoms with Gasteiger partial charge in [-0.25, -0.2) is 0 Å². The normalized spacial score (nSPS) is 15.0. The molecule has 5 nitrogen and oxygen atoms in total. The summed E-state index contributed by atoms with van der Waals surface area (Å²) < 4.78 is 0. The Morgan fingerprint density at radius 2 is 1.56 bits per heavy atom. The Morgan fingerprint density at radius 3 is 2.16 bits per heavy atom. The maximum absolute atomic E-state index is 12.1. The van der Waals surface area contributed by atoms with Gasteiger partial charge < -0.3 is 10.2 Å². The third-order valence-electron chi connectivity index (χ3n) is 4.44. The number of anilines is 2. The number of hydrogen-bond acceptors (Lipinski definition) is 4. The summed E-state index contributed by atoms with van der Waals surface area (Å²) in [6, 6.07) is 17.3. The van der Waals surface area contributed by atoms with Crippen LogP contribution in [0.5, 0.6) is 0 Å². The predicted octanol–water partition coefficient (Wildman–Crippen LogP) is 2.65. The van der Waals surface area contributed by atoms with Crippen molar-refractivity contribution in [2.24, 2.45) is 0 Å². The quantitative estimate of drug-likeness (QED) is 0.852. The molecule has 3 rings (SSSR count). The van der Waals surface area contributed by atoms with Gasteiger partial charge in [0.15, 0.2) is 5.78 Å². The molecular formula is C20H23N3O2. The van der Waals surface area contributed by atoms with Gasteiger partial charge in [-0.1, -0.05) is 18.2 Å². The van der Waals surface area contributed by atoms with Crippen LogP contribution in [0.2, 0.25) is 0 Å². The van der Waals surface area contributed by atoms with Gasteiger partial charge in [0.25, 0.3) is 0 Å². The number of nitrogens with one attached hydrogen (secondary N) is 1. The first kappa shape index (κ1) is 17.2. The number of rotatable bonds is 5. The molecule has 5 heteroatoms. The fourth-order valence-electron chi connectivity index (χ4n) is 3.00. The van der Waals surface area contributed by atoms with Crippen LogP contribution in [0.25, 0.3) is 0 Å². The summed E-state index contributed by atoms with van der Waals surface area (Å²) in [5, 5.41) is 2.92. The highest BCUT2D eigenvalue weighted by atomic mass is 16.2. The van der Waals surface area contributed by atoms with E-state index in [1.165, 1.54) is 0 Å². The number of benzene rings is 2. The molecule has 0 aliphatic carbocycles. The Labute approximate surface area is 148 Å². The Balaban J connectivity index is 1.48. The number of carbonyl (C=O) groups excluding carboxylic acids is 2. The summed E-state index contributed by atoms with van der Waals surface area (Å²) in [6.45, 7) is 5.42. The van der Waals surface area contributed by atoms with Crippen molar-refractivity contribution in [1.82, 2.24) is 4.90 Å². The van der Waals surface area contributed by atoms with E-state index < -0.39 is 0 Å². The first-order chi connectivity index (χ1) is 12.1. The SMILES string of the molecule is CC(=O)c1ccc(N2CCN(CC(=O)Nc3ccccc3)CC2)cc1. The van der Waals surface area contributed by atoms with E-state index in [0.29, 0.717) is 6.54 Å². The highest BCUT2D eigenvalue weighted by Crippen LogP contribution is 2.17. The lowest BCUT2D eigenvalue weighted by atomic mass is 10.1. The van der Waals surface area contributed by atoms with Gasteiger partial charge in [-0.2, -0.15) is 0 Å². The van der Waals surface area contributed by atoms with Gasteiger partial charge in [-0.15, -0.1) is 0 Å². The molecule has 2 aromatic rings. The van der Waals surface area contributed by atoms with Crippen molar-refractivity contribution in [2.75, 3.05) is 42.9 Å². The Hall–Kier alpha value is -2.66. The molecular weight excluding hydrogens is 314 g/mol. The van der Waals surface area contributed by atoms with Crippen molar-refractivity contribution in [3.05, 3.63) is 60.2 Å². The lowest BCUT2D eigenvalue weighted by Gasteiger charge is -2.35. The summed E-state index contributed by atoms with van der Waals surface area (Å²) in [5.74, 6) is 0.103. The van der Waals surface area contributed by atoms with Crippen LogP contribution in [0.15, 0.2) is 54.6 Å². The molecule has 0 atom stereocenters. The van der Waals surface area contributed by atoms with Crippen molar-refractivity contribution in [2.45, 2.75) is 6.92 Å². The number of Topliss-reactive ketones (excluding diaryl/α,β-unsaturated/α-hetero) is 1. The number of hydrogen-bond donors (Lipinski definition) is 1. The minimum atomic E-state index is 0.0189. The summed E-state index contributed by atoms with van der Waals surface area (Å²) in [6.07, 6.45) is 0. The van der Waals surface area contributed by atoms with E-state index in [-0.39, 0.29) is 11.7 Å². The molecule has 1 saturated heterocycles. The van der Waals surface area contributed by atoms with Gasteiger partial charge in [-0.3, -0.25) is 14.5 Å². The monoisotopic (exact) mass is 337 g/mol. The smallest absolute Gasteiger partial charge is 0.238 e. The average molecular weight is 337 g/mol.